The van der Waals surface area contributed by atoms with E-state index in [0.29, 0.717) is 16.8 Å². The third-order valence-corrected chi connectivity index (χ3v) is 3.43. The van der Waals surface area contributed by atoms with Crippen LogP contribution >= 0.6 is 27.5 Å². The van der Waals surface area contributed by atoms with Crippen molar-refractivity contribution in [3.63, 3.8) is 0 Å². The van der Waals surface area contributed by atoms with Gasteiger partial charge in [0, 0.05) is 15.6 Å². The molecule has 1 aromatic carbocycles. The van der Waals surface area contributed by atoms with E-state index >= 15 is 0 Å². The lowest BCUT2D eigenvalue weighted by Crippen LogP contribution is -1.95. The minimum Gasteiger partial charge on any atom is -0.382 e. The van der Waals surface area contributed by atoms with Crippen LogP contribution in [-0.4, -0.2) is 10.2 Å². The zero-order valence-electron chi connectivity index (χ0n) is 9.59. The number of halogens is 2. The molecule has 0 saturated heterocycles. The number of nitrogens with zero attached hydrogens (tertiary/aromatic N) is 1. The van der Waals surface area contributed by atoms with Crippen LogP contribution in [0, 0.1) is 0 Å². The smallest absolute Gasteiger partial charge is 0.149 e. The summed E-state index contributed by atoms with van der Waals surface area (Å²) in [6.07, 6.45) is 0. The molecule has 0 aliphatic heterocycles. The highest BCUT2D eigenvalue weighted by Gasteiger charge is 2.17. The molecular formula is C12H13BrClN3. The Hall–Kier alpha value is -1.000. The van der Waals surface area contributed by atoms with Gasteiger partial charge in [0.25, 0.3) is 0 Å². The highest BCUT2D eigenvalue weighted by atomic mass is 79.9. The van der Waals surface area contributed by atoms with Gasteiger partial charge in [-0.1, -0.05) is 41.4 Å². The van der Waals surface area contributed by atoms with Crippen molar-refractivity contribution in [2.45, 2.75) is 19.8 Å². The maximum atomic E-state index is 6.21. The van der Waals surface area contributed by atoms with Gasteiger partial charge in [0.1, 0.15) is 5.82 Å². The molecule has 1 aromatic heterocycles. The van der Waals surface area contributed by atoms with Gasteiger partial charge in [-0.15, -0.1) is 0 Å². The average Bonchev–Trinajstić information content (AvgIpc) is 2.64. The van der Waals surface area contributed by atoms with E-state index in [1.165, 1.54) is 0 Å². The Labute approximate surface area is 113 Å². The Bertz CT molecular complexity index is 549. The van der Waals surface area contributed by atoms with Crippen molar-refractivity contribution in [3.8, 4) is 11.3 Å². The number of anilines is 1. The lowest BCUT2D eigenvalue weighted by Gasteiger charge is -2.09. The summed E-state index contributed by atoms with van der Waals surface area (Å²) in [4.78, 5) is 0. The molecule has 3 N–H and O–H groups in total. The quantitative estimate of drug-likeness (QED) is 0.873. The van der Waals surface area contributed by atoms with E-state index in [2.05, 4.69) is 40.0 Å². The molecule has 0 fully saturated rings. The third-order valence-electron chi connectivity index (χ3n) is 2.61. The van der Waals surface area contributed by atoms with Gasteiger partial charge in [-0.25, -0.2) is 0 Å². The molecule has 0 bridgehead atoms. The molecular weight excluding hydrogens is 302 g/mol. The molecule has 90 valence electrons. The first kappa shape index (κ1) is 12.5. The summed E-state index contributed by atoms with van der Waals surface area (Å²) in [6.45, 7) is 4.16. The predicted molar refractivity (Wildman–Crippen MR) is 75.2 cm³/mol. The van der Waals surface area contributed by atoms with Crippen LogP contribution in [0.25, 0.3) is 11.3 Å². The number of aromatic amines is 1. The molecule has 2 rings (SSSR count). The first-order chi connectivity index (χ1) is 8.00. The van der Waals surface area contributed by atoms with Crippen molar-refractivity contribution in [3.05, 3.63) is 33.3 Å². The van der Waals surface area contributed by atoms with E-state index in [-0.39, 0.29) is 0 Å². The van der Waals surface area contributed by atoms with Crippen LogP contribution < -0.4 is 5.73 Å². The standard InChI is InChI=1S/C12H13BrClN3/c1-6(2)10-11(16-17-12(10)15)8-5-7(13)3-4-9(8)14/h3-6H,1-2H3,(H3,15,16,17). The Morgan fingerprint density at radius 2 is 2.12 bits per heavy atom. The lowest BCUT2D eigenvalue weighted by atomic mass is 9.99. The SMILES string of the molecule is CC(C)c1c(N)n[nH]c1-c1cc(Br)ccc1Cl. The van der Waals surface area contributed by atoms with E-state index in [1.807, 2.05) is 18.2 Å². The number of nitrogen functional groups attached to an aromatic ring is 1. The number of nitrogens with two attached hydrogens (primary N) is 1. The maximum absolute atomic E-state index is 6.21. The normalized spacial score (nSPS) is 11.1. The fourth-order valence-electron chi connectivity index (χ4n) is 1.84. The molecule has 0 radical (unpaired) electrons. The summed E-state index contributed by atoms with van der Waals surface area (Å²) in [6, 6.07) is 5.71. The molecule has 0 unspecified atom stereocenters. The van der Waals surface area contributed by atoms with Crippen LogP contribution in [0.5, 0.6) is 0 Å². The summed E-state index contributed by atoms with van der Waals surface area (Å²) in [5, 5.41) is 7.70. The van der Waals surface area contributed by atoms with Gasteiger partial charge in [0.15, 0.2) is 0 Å². The second kappa shape index (κ2) is 4.70. The zero-order chi connectivity index (χ0) is 12.6. The van der Waals surface area contributed by atoms with Gasteiger partial charge in [0.2, 0.25) is 0 Å². The first-order valence-corrected chi connectivity index (χ1v) is 6.47. The molecule has 3 nitrogen and oxygen atoms in total. The summed E-state index contributed by atoms with van der Waals surface area (Å²) in [7, 11) is 0. The summed E-state index contributed by atoms with van der Waals surface area (Å²) in [5.41, 5.74) is 8.68. The molecule has 0 aliphatic rings. The molecule has 0 saturated carbocycles. The second-order valence-electron chi connectivity index (χ2n) is 4.18. The predicted octanol–water partition coefficient (Wildman–Crippen LogP) is 4.20. The van der Waals surface area contributed by atoms with Crippen molar-refractivity contribution >= 4 is 33.3 Å². The molecule has 0 amide bonds. The largest absolute Gasteiger partial charge is 0.382 e. The van der Waals surface area contributed by atoms with Crippen molar-refractivity contribution < 1.29 is 0 Å². The van der Waals surface area contributed by atoms with Crippen LogP contribution in [0.4, 0.5) is 5.82 Å². The van der Waals surface area contributed by atoms with Crippen LogP contribution in [0.1, 0.15) is 25.3 Å². The number of hydrogen-bond acceptors (Lipinski definition) is 2. The fourth-order valence-corrected chi connectivity index (χ4v) is 2.42. The molecule has 2 aromatic rings. The van der Waals surface area contributed by atoms with Crippen molar-refractivity contribution in [2.24, 2.45) is 0 Å². The number of rotatable bonds is 2. The van der Waals surface area contributed by atoms with Gasteiger partial charge in [-0.05, 0) is 24.1 Å². The highest BCUT2D eigenvalue weighted by Crippen LogP contribution is 2.36. The number of nitrogens with one attached hydrogen (secondary N) is 1. The number of H-pyrrole nitrogens is 1. The van der Waals surface area contributed by atoms with Gasteiger partial charge < -0.3 is 5.73 Å². The van der Waals surface area contributed by atoms with Gasteiger partial charge >= 0.3 is 0 Å². The number of benzene rings is 1. The molecule has 0 atom stereocenters. The van der Waals surface area contributed by atoms with Crippen LogP contribution in [0.15, 0.2) is 22.7 Å². The first-order valence-electron chi connectivity index (χ1n) is 5.30. The van der Waals surface area contributed by atoms with Crippen molar-refractivity contribution in [2.75, 3.05) is 5.73 Å². The van der Waals surface area contributed by atoms with E-state index in [4.69, 9.17) is 17.3 Å². The molecule has 1 heterocycles. The molecule has 0 spiro atoms. The number of aromatic nitrogens is 2. The van der Waals surface area contributed by atoms with Gasteiger partial charge in [0.05, 0.1) is 10.7 Å². The minimum absolute atomic E-state index is 0.291. The molecule has 5 heteroatoms. The zero-order valence-corrected chi connectivity index (χ0v) is 11.9. The Balaban J connectivity index is 2.64. The summed E-state index contributed by atoms with van der Waals surface area (Å²) < 4.78 is 0.972. The van der Waals surface area contributed by atoms with Gasteiger partial charge in [-0.3, -0.25) is 5.10 Å². The topological polar surface area (TPSA) is 54.7 Å². The Kier molecular flexibility index (Phi) is 3.45. The van der Waals surface area contributed by atoms with Gasteiger partial charge in [-0.2, -0.15) is 5.10 Å². The van der Waals surface area contributed by atoms with Crippen LogP contribution in [0.3, 0.4) is 0 Å². The summed E-state index contributed by atoms with van der Waals surface area (Å²) in [5.74, 6) is 0.824. The van der Waals surface area contributed by atoms with E-state index in [0.717, 1.165) is 21.3 Å². The van der Waals surface area contributed by atoms with E-state index in [9.17, 15) is 0 Å². The molecule has 17 heavy (non-hydrogen) atoms. The highest BCUT2D eigenvalue weighted by molar-refractivity contribution is 9.10. The van der Waals surface area contributed by atoms with Crippen molar-refractivity contribution in [1.82, 2.24) is 10.2 Å². The monoisotopic (exact) mass is 313 g/mol. The number of hydrogen-bond donors (Lipinski definition) is 2. The Morgan fingerprint density at radius 3 is 2.76 bits per heavy atom. The summed E-state index contributed by atoms with van der Waals surface area (Å²) >= 11 is 9.65. The Morgan fingerprint density at radius 1 is 1.41 bits per heavy atom. The second-order valence-corrected chi connectivity index (χ2v) is 5.50. The van der Waals surface area contributed by atoms with Crippen LogP contribution in [-0.2, 0) is 0 Å². The third kappa shape index (κ3) is 2.33. The molecule has 0 aliphatic carbocycles. The van der Waals surface area contributed by atoms with Crippen molar-refractivity contribution in [1.29, 1.82) is 0 Å². The maximum Gasteiger partial charge on any atom is 0.149 e. The van der Waals surface area contributed by atoms with Crippen LogP contribution in [0.2, 0.25) is 5.02 Å². The lowest BCUT2D eigenvalue weighted by molar-refractivity contribution is 0.873. The minimum atomic E-state index is 0.291. The fraction of sp³-hybridized carbons (Fsp3) is 0.250. The average molecular weight is 315 g/mol. The van der Waals surface area contributed by atoms with E-state index < -0.39 is 0 Å². The van der Waals surface area contributed by atoms with E-state index in [1.54, 1.807) is 0 Å².